The van der Waals surface area contributed by atoms with Crippen LogP contribution >= 0.6 is 0 Å². The van der Waals surface area contributed by atoms with Gasteiger partial charge in [0.05, 0.1) is 19.6 Å². The topological polar surface area (TPSA) is 38.8 Å². The van der Waals surface area contributed by atoms with Crippen LogP contribution in [0.5, 0.6) is 5.75 Å². The van der Waals surface area contributed by atoms with E-state index in [2.05, 4.69) is 56.3 Å². The zero-order chi connectivity index (χ0) is 22.3. The van der Waals surface area contributed by atoms with Crippen molar-refractivity contribution in [2.24, 2.45) is 0 Å². The van der Waals surface area contributed by atoms with Crippen molar-refractivity contribution < 1.29 is 14.3 Å². The van der Waals surface area contributed by atoms with E-state index in [1.165, 1.54) is 16.7 Å². The zero-order valence-corrected chi connectivity index (χ0v) is 19.0. The molecule has 0 aromatic heterocycles. The summed E-state index contributed by atoms with van der Waals surface area (Å²) in [5.41, 5.74) is 6.96. The Bertz CT molecular complexity index is 1080. The van der Waals surface area contributed by atoms with Crippen molar-refractivity contribution in [3.05, 3.63) is 100 Å². The molecule has 0 unspecified atom stereocenters. The Balaban J connectivity index is 1.57. The first-order valence-electron chi connectivity index (χ1n) is 11.3. The highest BCUT2D eigenvalue weighted by molar-refractivity contribution is 5.79. The van der Waals surface area contributed by atoms with Gasteiger partial charge in [-0.1, -0.05) is 66.2 Å². The lowest BCUT2D eigenvalue weighted by atomic mass is 10.00. The summed E-state index contributed by atoms with van der Waals surface area (Å²) in [6.07, 6.45) is 1.20. The molecule has 0 radical (unpaired) electrons. The van der Waals surface area contributed by atoms with Gasteiger partial charge in [-0.25, -0.2) is 0 Å². The summed E-state index contributed by atoms with van der Waals surface area (Å²) < 4.78 is 11.8. The lowest BCUT2D eigenvalue weighted by molar-refractivity contribution is -0.132. The maximum atomic E-state index is 13.2. The lowest BCUT2D eigenvalue weighted by Gasteiger charge is -2.24. The third-order valence-corrected chi connectivity index (χ3v) is 5.92. The van der Waals surface area contributed by atoms with Gasteiger partial charge in [0.15, 0.2) is 0 Å². The second-order valence-electron chi connectivity index (χ2n) is 8.49. The van der Waals surface area contributed by atoms with Gasteiger partial charge in [0.25, 0.3) is 0 Å². The van der Waals surface area contributed by atoms with E-state index < -0.39 is 0 Å². The standard InChI is InChI=1S/C28H31NO3/c1-21-10-11-27-26(16-21)18-23-7-5-8-24(17-23)20-29(12-13-31-14-15-32-27)28(30)19-25-9-4-3-6-22(25)2/h3-11,16-17H,12-15,18-20H2,1-2H3. The van der Waals surface area contributed by atoms with Crippen LogP contribution in [-0.4, -0.2) is 37.2 Å². The molecule has 0 fully saturated rings. The predicted octanol–water partition coefficient (Wildman–Crippen LogP) is 4.87. The number of aryl methyl sites for hydroxylation is 2. The summed E-state index contributed by atoms with van der Waals surface area (Å²) >= 11 is 0. The van der Waals surface area contributed by atoms with Gasteiger partial charge in [0.1, 0.15) is 12.4 Å². The van der Waals surface area contributed by atoms with Gasteiger partial charge < -0.3 is 14.4 Å². The molecule has 0 atom stereocenters. The maximum Gasteiger partial charge on any atom is 0.227 e. The molecule has 1 aliphatic rings. The van der Waals surface area contributed by atoms with Crippen molar-refractivity contribution >= 4 is 5.91 Å². The summed E-state index contributed by atoms with van der Waals surface area (Å²) in [5, 5.41) is 0. The predicted molar refractivity (Wildman–Crippen MR) is 127 cm³/mol. The fourth-order valence-corrected chi connectivity index (χ4v) is 4.13. The molecule has 4 rings (SSSR count). The molecule has 4 heteroatoms. The van der Waals surface area contributed by atoms with Crippen molar-refractivity contribution in [2.45, 2.75) is 33.2 Å². The smallest absolute Gasteiger partial charge is 0.227 e. The Morgan fingerprint density at radius 3 is 2.62 bits per heavy atom. The number of ether oxygens (including phenoxy) is 2. The SMILES string of the molecule is Cc1ccc2c(c1)Cc1cccc(c1)CN(C(=O)Cc1ccccc1C)CCOCCO2. The van der Waals surface area contributed by atoms with Crippen LogP contribution in [0.25, 0.3) is 0 Å². The molecule has 3 aromatic carbocycles. The first-order chi connectivity index (χ1) is 15.6. The first kappa shape index (κ1) is 22.1. The quantitative estimate of drug-likeness (QED) is 0.583. The van der Waals surface area contributed by atoms with E-state index in [9.17, 15) is 4.79 Å². The van der Waals surface area contributed by atoms with Crippen molar-refractivity contribution in [3.8, 4) is 5.75 Å². The molecule has 32 heavy (non-hydrogen) atoms. The van der Waals surface area contributed by atoms with Gasteiger partial charge >= 0.3 is 0 Å². The van der Waals surface area contributed by atoms with Gasteiger partial charge in [0, 0.05) is 19.5 Å². The van der Waals surface area contributed by atoms with Gasteiger partial charge in [-0.3, -0.25) is 4.79 Å². The largest absolute Gasteiger partial charge is 0.491 e. The van der Waals surface area contributed by atoms with Crippen LogP contribution in [0.15, 0.2) is 66.7 Å². The number of benzene rings is 3. The summed E-state index contributed by atoms with van der Waals surface area (Å²) in [6.45, 7) is 6.78. The summed E-state index contributed by atoms with van der Waals surface area (Å²) in [7, 11) is 0. The van der Waals surface area contributed by atoms with E-state index in [0.29, 0.717) is 39.3 Å². The average molecular weight is 430 g/mol. The number of carbonyl (C=O) groups excluding carboxylic acids is 1. The Labute approximate surface area is 190 Å². The minimum atomic E-state index is 0.123. The normalized spacial score (nSPS) is 14.8. The van der Waals surface area contributed by atoms with Crippen molar-refractivity contribution in [3.63, 3.8) is 0 Å². The molecule has 0 aliphatic carbocycles. The maximum absolute atomic E-state index is 13.2. The van der Waals surface area contributed by atoms with Crippen LogP contribution in [0.2, 0.25) is 0 Å². The fraction of sp³-hybridized carbons (Fsp3) is 0.321. The second-order valence-corrected chi connectivity index (χ2v) is 8.49. The number of hydrogen-bond acceptors (Lipinski definition) is 3. The Morgan fingerprint density at radius 2 is 1.75 bits per heavy atom. The molecule has 1 heterocycles. The molecule has 1 amide bonds. The highest BCUT2D eigenvalue weighted by Crippen LogP contribution is 2.24. The minimum Gasteiger partial charge on any atom is -0.491 e. The van der Waals surface area contributed by atoms with Gasteiger partial charge in [0.2, 0.25) is 5.91 Å². The molecule has 0 saturated heterocycles. The Morgan fingerprint density at radius 1 is 0.906 bits per heavy atom. The number of amides is 1. The Hall–Kier alpha value is -3.11. The fourth-order valence-electron chi connectivity index (χ4n) is 4.13. The summed E-state index contributed by atoms with van der Waals surface area (Å²) in [4.78, 5) is 15.1. The first-order valence-corrected chi connectivity index (χ1v) is 11.3. The van der Waals surface area contributed by atoms with Crippen LogP contribution in [0.4, 0.5) is 0 Å². The number of fused-ring (bicyclic) bond motifs is 3. The molecule has 166 valence electrons. The van der Waals surface area contributed by atoms with E-state index in [1.54, 1.807) is 0 Å². The van der Waals surface area contributed by atoms with Gasteiger partial charge in [-0.2, -0.15) is 0 Å². The average Bonchev–Trinajstić information content (AvgIpc) is 2.78. The van der Waals surface area contributed by atoms with Crippen molar-refractivity contribution in [1.82, 2.24) is 4.90 Å². The monoisotopic (exact) mass is 429 g/mol. The van der Waals surface area contributed by atoms with Crippen LogP contribution in [0, 0.1) is 13.8 Å². The van der Waals surface area contributed by atoms with E-state index in [0.717, 1.165) is 28.9 Å². The lowest BCUT2D eigenvalue weighted by Crippen LogP contribution is -2.35. The van der Waals surface area contributed by atoms with Crippen molar-refractivity contribution in [2.75, 3.05) is 26.4 Å². The molecule has 4 nitrogen and oxygen atoms in total. The molecule has 0 spiro atoms. The second kappa shape index (κ2) is 10.5. The van der Waals surface area contributed by atoms with E-state index in [1.807, 2.05) is 29.2 Å². The molecule has 2 bridgehead atoms. The minimum absolute atomic E-state index is 0.123. The van der Waals surface area contributed by atoms with E-state index in [4.69, 9.17) is 9.47 Å². The van der Waals surface area contributed by atoms with Gasteiger partial charge in [-0.15, -0.1) is 0 Å². The molecular weight excluding hydrogens is 398 g/mol. The summed E-state index contributed by atoms with van der Waals surface area (Å²) in [6, 6.07) is 22.9. The van der Waals surface area contributed by atoms with E-state index >= 15 is 0 Å². The molecule has 0 N–H and O–H groups in total. The highest BCUT2D eigenvalue weighted by atomic mass is 16.5. The number of nitrogens with zero attached hydrogens (tertiary/aromatic N) is 1. The molecule has 1 aliphatic heterocycles. The van der Waals surface area contributed by atoms with Crippen LogP contribution in [0.1, 0.15) is 33.4 Å². The zero-order valence-electron chi connectivity index (χ0n) is 19.0. The number of carbonyl (C=O) groups is 1. The third kappa shape index (κ3) is 5.77. The molecule has 0 saturated carbocycles. The molecule has 3 aromatic rings. The van der Waals surface area contributed by atoms with E-state index in [-0.39, 0.29) is 5.91 Å². The number of rotatable bonds is 2. The number of hydrogen-bond donors (Lipinski definition) is 0. The van der Waals surface area contributed by atoms with Crippen LogP contribution in [-0.2, 0) is 28.9 Å². The summed E-state index contributed by atoms with van der Waals surface area (Å²) in [5.74, 6) is 1.04. The highest BCUT2D eigenvalue weighted by Gasteiger charge is 2.16. The van der Waals surface area contributed by atoms with Gasteiger partial charge in [-0.05, 0) is 47.7 Å². The van der Waals surface area contributed by atoms with Crippen LogP contribution in [0.3, 0.4) is 0 Å². The Kier molecular flexibility index (Phi) is 7.23. The third-order valence-electron chi connectivity index (χ3n) is 5.92. The van der Waals surface area contributed by atoms with Crippen LogP contribution < -0.4 is 4.74 Å². The molecular formula is C28H31NO3. The van der Waals surface area contributed by atoms with Crippen molar-refractivity contribution in [1.29, 1.82) is 0 Å².